The van der Waals surface area contributed by atoms with Crippen LogP contribution in [0.15, 0.2) is 11.2 Å². The fraction of sp³-hybridized carbons (Fsp3) is 0.556. The van der Waals surface area contributed by atoms with Crippen LogP contribution in [0.5, 0.6) is 0 Å². The maximum Gasteiger partial charge on any atom is 0.340 e. The number of aromatic amines is 1. The Morgan fingerprint density at radius 3 is 2.83 bits per heavy atom. The van der Waals surface area contributed by atoms with Crippen molar-refractivity contribution in [2.45, 2.75) is 30.8 Å². The molecule has 1 rings (SSSR count). The SMILES string of the molecule is CC(CCCO)NS(=O)(=O)c1[nH]ncc1C(=O)O. The van der Waals surface area contributed by atoms with Crippen LogP contribution in [0.3, 0.4) is 0 Å². The minimum Gasteiger partial charge on any atom is -0.478 e. The van der Waals surface area contributed by atoms with Gasteiger partial charge in [-0.3, -0.25) is 5.10 Å². The molecule has 18 heavy (non-hydrogen) atoms. The second kappa shape index (κ2) is 5.94. The first-order valence-corrected chi connectivity index (χ1v) is 6.76. The van der Waals surface area contributed by atoms with Gasteiger partial charge in [0.25, 0.3) is 10.0 Å². The highest BCUT2D eigenvalue weighted by molar-refractivity contribution is 7.89. The summed E-state index contributed by atoms with van der Waals surface area (Å²) in [6.07, 6.45) is 1.85. The van der Waals surface area contributed by atoms with E-state index in [4.69, 9.17) is 10.2 Å². The second-order valence-electron chi connectivity index (χ2n) is 3.81. The van der Waals surface area contributed by atoms with E-state index in [1.54, 1.807) is 6.92 Å². The third kappa shape index (κ3) is 3.52. The number of sulfonamides is 1. The standard InChI is InChI=1S/C9H15N3O5S/c1-6(3-2-4-13)12-18(16,17)8-7(9(14)15)5-10-11-8/h5-6,12-13H,2-4H2,1H3,(H,10,11)(H,14,15). The van der Waals surface area contributed by atoms with Crippen LogP contribution >= 0.6 is 0 Å². The third-order valence-electron chi connectivity index (χ3n) is 2.26. The first-order chi connectivity index (χ1) is 8.38. The molecule has 0 aromatic carbocycles. The van der Waals surface area contributed by atoms with Gasteiger partial charge < -0.3 is 10.2 Å². The van der Waals surface area contributed by atoms with Gasteiger partial charge in [-0.15, -0.1) is 0 Å². The largest absolute Gasteiger partial charge is 0.478 e. The summed E-state index contributed by atoms with van der Waals surface area (Å²) in [5.74, 6) is -1.37. The Hall–Kier alpha value is -1.45. The van der Waals surface area contributed by atoms with E-state index in [-0.39, 0.29) is 6.61 Å². The van der Waals surface area contributed by atoms with Crippen molar-refractivity contribution < 1.29 is 23.4 Å². The summed E-state index contributed by atoms with van der Waals surface area (Å²) in [5, 5.41) is 22.6. The molecule has 1 aromatic rings. The molecule has 0 radical (unpaired) electrons. The summed E-state index contributed by atoms with van der Waals surface area (Å²) in [5.41, 5.74) is -0.406. The fourth-order valence-electron chi connectivity index (χ4n) is 1.41. The van der Waals surface area contributed by atoms with Crippen LogP contribution in [0, 0.1) is 0 Å². The van der Waals surface area contributed by atoms with E-state index in [1.165, 1.54) is 0 Å². The molecule has 0 spiro atoms. The lowest BCUT2D eigenvalue weighted by atomic mass is 10.2. The monoisotopic (exact) mass is 277 g/mol. The molecule has 1 heterocycles. The molecule has 1 unspecified atom stereocenters. The van der Waals surface area contributed by atoms with Crippen LogP contribution in [-0.2, 0) is 10.0 Å². The zero-order valence-electron chi connectivity index (χ0n) is 9.75. The third-order valence-corrected chi connectivity index (χ3v) is 3.82. The number of aromatic nitrogens is 2. The van der Waals surface area contributed by atoms with Crippen LogP contribution in [0.4, 0.5) is 0 Å². The first kappa shape index (κ1) is 14.6. The van der Waals surface area contributed by atoms with E-state index in [0.29, 0.717) is 12.8 Å². The van der Waals surface area contributed by atoms with Crippen LogP contribution in [-0.4, -0.2) is 47.4 Å². The number of hydrogen-bond acceptors (Lipinski definition) is 5. The zero-order valence-corrected chi connectivity index (χ0v) is 10.6. The molecule has 1 aromatic heterocycles. The second-order valence-corrected chi connectivity index (χ2v) is 5.46. The number of carboxylic acids is 1. The van der Waals surface area contributed by atoms with E-state index in [2.05, 4.69) is 14.9 Å². The molecular weight excluding hydrogens is 262 g/mol. The average molecular weight is 277 g/mol. The lowest BCUT2D eigenvalue weighted by Crippen LogP contribution is -2.33. The topological polar surface area (TPSA) is 132 Å². The van der Waals surface area contributed by atoms with Gasteiger partial charge in [-0.05, 0) is 19.8 Å². The van der Waals surface area contributed by atoms with Crippen molar-refractivity contribution in [3.05, 3.63) is 11.8 Å². The van der Waals surface area contributed by atoms with Gasteiger partial charge in [0.15, 0.2) is 5.03 Å². The molecule has 0 bridgehead atoms. The Morgan fingerprint density at radius 1 is 1.61 bits per heavy atom. The van der Waals surface area contributed by atoms with Gasteiger partial charge in [0.2, 0.25) is 0 Å². The highest BCUT2D eigenvalue weighted by Gasteiger charge is 2.25. The Balaban J connectivity index is 2.86. The average Bonchev–Trinajstić information content (AvgIpc) is 2.75. The van der Waals surface area contributed by atoms with Crippen molar-refractivity contribution in [2.24, 2.45) is 0 Å². The van der Waals surface area contributed by atoms with Gasteiger partial charge in [-0.2, -0.15) is 5.10 Å². The number of aromatic carboxylic acids is 1. The van der Waals surface area contributed by atoms with Crippen molar-refractivity contribution in [1.29, 1.82) is 0 Å². The predicted octanol–water partition coefficient (Wildman–Crippen LogP) is -0.453. The van der Waals surface area contributed by atoms with E-state index in [1.807, 2.05) is 0 Å². The molecule has 0 fully saturated rings. The smallest absolute Gasteiger partial charge is 0.340 e. The molecule has 0 saturated heterocycles. The lowest BCUT2D eigenvalue weighted by Gasteiger charge is -2.12. The number of aliphatic hydroxyl groups excluding tert-OH is 1. The molecule has 0 aliphatic rings. The normalized spacial score (nSPS) is 13.4. The van der Waals surface area contributed by atoms with E-state index < -0.39 is 32.6 Å². The number of H-pyrrole nitrogens is 1. The van der Waals surface area contributed by atoms with Crippen molar-refractivity contribution >= 4 is 16.0 Å². The minimum absolute atomic E-state index is 0.0312. The number of carboxylic acid groups (broad SMARTS) is 1. The Bertz CT molecular complexity index is 510. The van der Waals surface area contributed by atoms with E-state index in [0.717, 1.165) is 6.20 Å². The molecule has 0 amide bonds. The molecular formula is C9H15N3O5S. The van der Waals surface area contributed by atoms with Gasteiger partial charge in [-0.25, -0.2) is 17.9 Å². The number of carbonyl (C=O) groups is 1. The predicted molar refractivity (Wildman–Crippen MR) is 61.7 cm³/mol. The zero-order chi connectivity index (χ0) is 13.8. The maximum atomic E-state index is 11.9. The van der Waals surface area contributed by atoms with Gasteiger partial charge in [-0.1, -0.05) is 0 Å². The van der Waals surface area contributed by atoms with Crippen LogP contribution in [0.2, 0.25) is 0 Å². The number of rotatable bonds is 7. The van der Waals surface area contributed by atoms with Crippen molar-refractivity contribution in [3.8, 4) is 0 Å². The van der Waals surface area contributed by atoms with E-state index in [9.17, 15) is 13.2 Å². The summed E-state index contributed by atoms with van der Waals surface area (Å²) >= 11 is 0. The number of aliphatic hydroxyl groups is 1. The van der Waals surface area contributed by atoms with Crippen molar-refractivity contribution in [3.63, 3.8) is 0 Å². The van der Waals surface area contributed by atoms with Gasteiger partial charge in [0, 0.05) is 12.6 Å². The summed E-state index contributed by atoms with van der Waals surface area (Å²) < 4.78 is 26.1. The molecule has 0 aliphatic heterocycles. The Labute approximate surface area is 104 Å². The molecule has 102 valence electrons. The first-order valence-electron chi connectivity index (χ1n) is 5.28. The summed E-state index contributed by atoms with van der Waals surface area (Å²) in [7, 11) is -3.95. The molecule has 4 N–H and O–H groups in total. The molecule has 8 nitrogen and oxygen atoms in total. The van der Waals surface area contributed by atoms with Crippen molar-refractivity contribution in [2.75, 3.05) is 6.61 Å². The lowest BCUT2D eigenvalue weighted by molar-refractivity contribution is 0.0692. The van der Waals surface area contributed by atoms with E-state index >= 15 is 0 Å². The van der Waals surface area contributed by atoms with Gasteiger partial charge in [0.1, 0.15) is 5.56 Å². The number of hydrogen-bond donors (Lipinski definition) is 4. The fourth-order valence-corrected chi connectivity index (χ4v) is 2.78. The summed E-state index contributed by atoms with van der Waals surface area (Å²) in [6, 6.07) is -0.410. The quantitative estimate of drug-likeness (QED) is 0.533. The molecule has 1 atom stereocenters. The highest BCUT2D eigenvalue weighted by Crippen LogP contribution is 2.12. The van der Waals surface area contributed by atoms with Crippen LogP contribution in [0.1, 0.15) is 30.1 Å². The van der Waals surface area contributed by atoms with Crippen molar-refractivity contribution in [1.82, 2.24) is 14.9 Å². The highest BCUT2D eigenvalue weighted by atomic mass is 32.2. The van der Waals surface area contributed by atoms with Crippen LogP contribution < -0.4 is 4.72 Å². The van der Waals surface area contributed by atoms with Gasteiger partial charge >= 0.3 is 5.97 Å². The minimum atomic E-state index is -3.95. The molecule has 9 heteroatoms. The Morgan fingerprint density at radius 2 is 2.28 bits per heavy atom. The number of nitrogens with zero attached hydrogens (tertiary/aromatic N) is 1. The summed E-state index contributed by atoms with van der Waals surface area (Å²) in [6.45, 7) is 1.60. The molecule has 0 saturated carbocycles. The van der Waals surface area contributed by atoms with Crippen LogP contribution in [0.25, 0.3) is 0 Å². The summed E-state index contributed by atoms with van der Waals surface area (Å²) in [4.78, 5) is 10.8. The number of nitrogens with one attached hydrogen (secondary N) is 2. The Kier molecular flexibility index (Phi) is 4.82. The maximum absolute atomic E-state index is 11.9. The van der Waals surface area contributed by atoms with Gasteiger partial charge in [0.05, 0.1) is 6.20 Å². The molecule has 0 aliphatic carbocycles.